The summed E-state index contributed by atoms with van der Waals surface area (Å²) in [5.41, 5.74) is 0.493. The van der Waals surface area contributed by atoms with Crippen molar-refractivity contribution in [3.63, 3.8) is 0 Å². The first-order valence-electron chi connectivity index (χ1n) is 5.63. The number of rotatable bonds is 4. The summed E-state index contributed by atoms with van der Waals surface area (Å²) in [5.74, 6) is 1.18. The lowest BCUT2D eigenvalue weighted by atomic mass is 10.2. The highest BCUT2D eigenvalue weighted by Crippen LogP contribution is 2.27. The van der Waals surface area contributed by atoms with Gasteiger partial charge < -0.3 is 4.74 Å². The van der Waals surface area contributed by atoms with Crippen molar-refractivity contribution >= 4 is 15.9 Å². The third-order valence-corrected chi connectivity index (χ3v) is 2.85. The van der Waals surface area contributed by atoms with Crippen molar-refractivity contribution < 1.29 is 4.74 Å². The zero-order chi connectivity index (χ0) is 13.0. The molecule has 0 aliphatic carbocycles. The minimum Gasteiger partial charge on any atom is -0.453 e. The van der Waals surface area contributed by atoms with Crippen molar-refractivity contribution in [2.24, 2.45) is 0 Å². The van der Waals surface area contributed by atoms with Gasteiger partial charge in [-0.3, -0.25) is 4.68 Å². The first kappa shape index (κ1) is 12.7. The van der Waals surface area contributed by atoms with Crippen molar-refractivity contribution in [1.82, 2.24) is 9.78 Å². The molecule has 18 heavy (non-hydrogen) atoms. The summed E-state index contributed by atoms with van der Waals surface area (Å²) < 4.78 is 8.33. The van der Waals surface area contributed by atoms with Gasteiger partial charge in [0.05, 0.1) is 18.0 Å². The standard InChI is InChI=1S/C13H12BrN3O/c1-2-5-17-9-12(8-16-17)18-13-4-3-11(14)6-10(13)7-15/h3-4,6,8-9H,2,5H2,1H3. The highest BCUT2D eigenvalue weighted by atomic mass is 79.9. The predicted molar refractivity (Wildman–Crippen MR) is 71.4 cm³/mol. The van der Waals surface area contributed by atoms with Crippen LogP contribution in [0.3, 0.4) is 0 Å². The number of aromatic nitrogens is 2. The third-order valence-electron chi connectivity index (χ3n) is 2.35. The second kappa shape index (κ2) is 5.69. The highest BCUT2D eigenvalue weighted by Gasteiger charge is 2.07. The largest absolute Gasteiger partial charge is 0.453 e. The molecule has 0 amide bonds. The SMILES string of the molecule is CCCn1cc(Oc2ccc(Br)cc2C#N)cn1. The van der Waals surface area contributed by atoms with Gasteiger partial charge in [0.1, 0.15) is 11.8 Å². The van der Waals surface area contributed by atoms with Gasteiger partial charge >= 0.3 is 0 Å². The molecule has 0 bridgehead atoms. The number of ether oxygens (including phenoxy) is 1. The fraction of sp³-hybridized carbons (Fsp3) is 0.231. The van der Waals surface area contributed by atoms with E-state index in [0.29, 0.717) is 17.1 Å². The number of halogens is 1. The van der Waals surface area contributed by atoms with E-state index in [-0.39, 0.29) is 0 Å². The zero-order valence-electron chi connectivity index (χ0n) is 9.93. The van der Waals surface area contributed by atoms with Gasteiger partial charge in [-0.15, -0.1) is 0 Å². The molecule has 92 valence electrons. The summed E-state index contributed by atoms with van der Waals surface area (Å²) in [4.78, 5) is 0. The first-order valence-corrected chi connectivity index (χ1v) is 6.42. The van der Waals surface area contributed by atoms with Crippen LogP contribution in [0.2, 0.25) is 0 Å². The molecule has 1 aromatic heterocycles. The highest BCUT2D eigenvalue weighted by molar-refractivity contribution is 9.10. The molecule has 2 rings (SSSR count). The number of hydrogen-bond acceptors (Lipinski definition) is 3. The molecular formula is C13H12BrN3O. The summed E-state index contributed by atoms with van der Waals surface area (Å²) in [7, 11) is 0. The van der Waals surface area contributed by atoms with Gasteiger partial charge in [0, 0.05) is 11.0 Å². The van der Waals surface area contributed by atoms with Gasteiger partial charge in [-0.1, -0.05) is 22.9 Å². The maximum absolute atomic E-state index is 9.04. The normalized spacial score (nSPS) is 10.1. The summed E-state index contributed by atoms with van der Waals surface area (Å²) >= 11 is 3.32. The molecule has 0 spiro atoms. The quantitative estimate of drug-likeness (QED) is 0.865. The van der Waals surface area contributed by atoms with Crippen LogP contribution in [-0.2, 0) is 6.54 Å². The number of nitrogens with zero attached hydrogens (tertiary/aromatic N) is 3. The molecule has 0 aliphatic rings. The van der Waals surface area contributed by atoms with E-state index >= 15 is 0 Å². The van der Waals surface area contributed by atoms with Crippen LogP contribution in [0.25, 0.3) is 0 Å². The Kier molecular flexibility index (Phi) is 4.00. The molecule has 4 nitrogen and oxygen atoms in total. The maximum Gasteiger partial charge on any atom is 0.165 e. The summed E-state index contributed by atoms with van der Waals surface area (Å²) in [6.07, 6.45) is 4.49. The topological polar surface area (TPSA) is 50.8 Å². The van der Waals surface area contributed by atoms with Crippen molar-refractivity contribution in [2.75, 3.05) is 0 Å². The van der Waals surface area contributed by atoms with Gasteiger partial charge in [-0.2, -0.15) is 10.4 Å². The third kappa shape index (κ3) is 2.90. The Balaban J connectivity index is 2.20. The molecule has 0 saturated carbocycles. The van der Waals surface area contributed by atoms with E-state index in [0.717, 1.165) is 17.4 Å². The molecule has 0 radical (unpaired) electrons. The van der Waals surface area contributed by atoms with E-state index in [9.17, 15) is 0 Å². The van der Waals surface area contributed by atoms with E-state index in [1.165, 1.54) is 0 Å². The van der Waals surface area contributed by atoms with Crippen LogP contribution in [0.1, 0.15) is 18.9 Å². The molecule has 0 aliphatic heterocycles. The van der Waals surface area contributed by atoms with Gasteiger partial charge in [-0.25, -0.2) is 0 Å². The number of nitriles is 1. The molecule has 5 heteroatoms. The molecule has 0 fully saturated rings. The number of aryl methyl sites for hydroxylation is 1. The van der Waals surface area contributed by atoms with Crippen molar-refractivity contribution in [2.45, 2.75) is 19.9 Å². The van der Waals surface area contributed by atoms with E-state index in [1.807, 2.05) is 16.9 Å². The Morgan fingerprint density at radius 1 is 1.50 bits per heavy atom. The molecule has 0 atom stereocenters. The van der Waals surface area contributed by atoms with Gasteiger partial charge in [-0.05, 0) is 24.6 Å². The second-order valence-corrected chi connectivity index (χ2v) is 4.71. The van der Waals surface area contributed by atoms with Crippen molar-refractivity contribution in [3.8, 4) is 17.6 Å². The Hall–Kier alpha value is -1.80. The van der Waals surface area contributed by atoms with Crippen LogP contribution >= 0.6 is 15.9 Å². The van der Waals surface area contributed by atoms with Gasteiger partial charge in [0.15, 0.2) is 5.75 Å². The molecule has 0 N–H and O–H groups in total. The molecule has 1 heterocycles. The fourth-order valence-corrected chi connectivity index (χ4v) is 1.92. The fourth-order valence-electron chi connectivity index (χ4n) is 1.55. The number of hydrogen-bond donors (Lipinski definition) is 0. The van der Waals surface area contributed by atoms with Crippen LogP contribution in [-0.4, -0.2) is 9.78 Å². The summed E-state index contributed by atoms with van der Waals surface area (Å²) in [6, 6.07) is 7.44. The van der Waals surface area contributed by atoms with Crippen LogP contribution < -0.4 is 4.74 Å². The molecule has 1 aromatic carbocycles. The Morgan fingerprint density at radius 2 is 2.33 bits per heavy atom. The Morgan fingerprint density at radius 3 is 3.06 bits per heavy atom. The van der Waals surface area contributed by atoms with E-state index in [4.69, 9.17) is 10.00 Å². The molecular weight excluding hydrogens is 294 g/mol. The van der Waals surface area contributed by atoms with E-state index in [1.54, 1.807) is 18.3 Å². The second-order valence-electron chi connectivity index (χ2n) is 3.79. The van der Waals surface area contributed by atoms with Crippen molar-refractivity contribution in [1.29, 1.82) is 5.26 Å². The summed E-state index contributed by atoms with van der Waals surface area (Å²) in [6.45, 7) is 2.94. The lowest BCUT2D eigenvalue weighted by molar-refractivity contribution is 0.479. The lowest BCUT2D eigenvalue weighted by Crippen LogP contribution is -1.95. The molecule has 2 aromatic rings. The maximum atomic E-state index is 9.04. The molecule has 0 unspecified atom stereocenters. The number of benzene rings is 1. The monoisotopic (exact) mass is 305 g/mol. The van der Waals surface area contributed by atoms with Gasteiger partial charge in [0.25, 0.3) is 0 Å². The average molecular weight is 306 g/mol. The Labute approximate surface area is 114 Å². The van der Waals surface area contributed by atoms with Crippen LogP contribution in [0.15, 0.2) is 35.1 Å². The van der Waals surface area contributed by atoms with E-state index < -0.39 is 0 Å². The minimum atomic E-state index is 0.493. The van der Waals surface area contributed by atoms with Crippen LogP contribution in [0, 0.1) is 11.3 Å². The zero-order valence-corrected chi connectivity index (χ0v) is 11.5. The average Bonchev–Trinajstić information content (AvgIpc) is 2.79. The Bertz CT molecular complexity index is 586. The van der Waals surface area contributed by atoms with E-state index in [2.05, 4.69) is 34.0 Å². The van der Waals surface area contributed by atoms with Crippen LogP contribution in [0.4, 0.5) is 0 Å². The first-order chi connectivity index (χ1) is 8.72. The predicted octanol–water partition coefficient (Wildman–Crippen LogP) is 3.72. The molecule has 0 saturated heterocycles. The summed E-state index contributed by atoms with van der Waals surface area (Å²) in [5, 5.41) is 13.2. The smallest absolute Gasteiger partial charge is 0.165 e. The van der Waals surface area contributed by atoms with Gasteiger partial charge in [0.2, 0.25) is 0 Å². The minimum absolute atomic E-state index is 0.493. The lowest BCUT2D eigenvalue weighted by Gasteiger charge is -2.04. The van der Waals surface area contributed by atoms with Crippen LogP contribution in [0.5, 0.6) is 11.5 Å². The van der Waals surface area contributed by atoms with Crippen molar-refractivity contribution in [3.05, 3.63) is 40.6 Å².